The number of piperazine rings is 1. The molecule has 25 heavy (non-hydrogen) atoms. The van der Waals surface area contributed by atoms with E-state index in [0.29, 0.717) is 13.1 Å². The molecule has 1 heterocycles. The Bertz CT molecular complexity index is 759. The second kappa shape index (κ2) is 7.70. The van der Waals surface area contributed by atoms with Crippen molar-refractivity contribution in [3.63, 3.8) is 0 Å². The van der Waals surface area contributed by atoms with E-state index in [4.69, 9.17) is 4.74 Å². The predicted octanol–water partition coefficient (Wildman–Crippen LogP) is 1.81. The number of hydrogen-bond acceptors (Lipinski definition) is 4. The third-order valence-corrected chi connectivity index (χ3v) is 4.08. The summed E-state index contributed by atoms with van der Waals surface area (Å²) in [6.45, 7) is 1.62. The standard InChI is InChI=1S/C19H21N3O3/c1-25-15-8-6-14(7-9-15)12-18(23)21-16-4-2-3-5-17(16)22-11-10-20-19(24)13-22/h2-9H,10-13H2,1H3,(H,20,24)(H,21,23). The SMILES string of the molecule is COc1ccc(CC(=O)Nc2ccccc2N2CCNC(=O)C2)cc1. The minimum absolute atomic E-state index is 0.00869. The van der Waals surface area contributed by atoms with Crippen LogP contribution >= 0.6 is 0 Å². The molecule has 1 aliphatic heterocycles. The van der Waals surface area contributed by atoms with E-state index in [9.17, 15) is 9.59 Å². The fourth-order valence-corrected chi connectivity index (χ4v) is 2.82. The van der Waals surface area contributed by atoms with Crippen molar-refractivity contribution in [1.29, 1.82) is 0 Å². The van der Waals surface area contributed by atoms with Crippen molar-refractivity contribution in [2.24, 2.45) is 0 Å². The Hall–Kier alpha value is -3.02. The monoisotopic (exact) mass is 339 g/mol. The molecule has 1 saturated heterocycles. The topological polar surface area (TPSA) is 70.7 Å². The summed E-state index contributed by atoms with van der Waals surface area (Å²) in [6.07, 6.45) is 0.277. The Morgan fingerprint density at radius 1 is 1.20 bits per heavy atom. The van der Waals surface area contributed by atoms with Gasteiger partial charge < -0.3 is 20.3 Å². The summed E-state index contributed by atoms with van der Waals surface area (Å²) < 4.78 is 5.12. The summed E-state index contributed by atoms with van der Waals surface area (Å²) in [6, 6.07) is 15.0. The van der Waals surface area contributed by atoms with Crippen LogP contribution in [0.25, 0.3) is 0 Å². The molecule has 0 radical (unpaired) electrons. The summed E-state index contributed by atoms with van der Waals surface area (Å²) in [5.74, 6) is 0.655. The molecule has 2 amide bonds. The van der Waals surface area contributed by atoms with Crippen molar-refractivity contribution < 1.29 is 14.3 Å². The molecule has 6 nitrogen and oxygen atoms in total. The van der Waals surface area contributed by atoms with Crippen molar-refractivity contribution in [3.8, 4) is 5.75 Å². The van der Waals surface area contributed by atoms with E-state index >= 15 is 0 Å². The molecule has 1 fully saturated rings. The average Bonchev–Trinajstić information content (AvgIpc) is 2.63. The molecule has 1 aliphatic rings. The molecule has 0 aliphatic carbocycles. The van der Waals surface area contributed by atoms with Gasteiger partial charge in [0.2, 0.25) is 11.8 Å². The highest BCUT2D eigenvalue weighted by molar-refractivity contribution is 5.96. The van der Waals surface area contributed by atoms with E-state index in [2.05, 4.69) is 10.6 Å². The minimum Gasteiger partial charge on any atom is -0.497 e. The Kier molecular flexibility index (Phi) is 5.18. The minimum atomic E-state index is -0.0981. The first-order valence-electron chi connectivity index (χ1n) is 8.19. The first kappa shape index (κ1) is 16.8. The number of carbonyl (C=O) groups excluding carboxylic acids is 2. The molecule has 2 N–H and O–H groups in total. The fraction of sp³-hybridized carbons (Fsp3) is 0.263. The van der Waals surface area contributed by atoms with Gasteiger partial charge >= 0.3 is 0 Å². The number of methoxy groups -OCH3 is 1. The lowest BCUT2D eigenvalue weighted by molar-refractivity contribution is -0.120. The van der Waals surface area contributed by atoms with Gasteiger partial charge in [-0.3, -0.25) is 9.59 Å². The molecule has 0 bridgehead atoms. The summed E-state index contributed by atoms with van der Waals surface area (Å²) in [5.41, 5.74) is 2.49. The average molecular weight is 339 g/mol. The summed E-state index contributed by atoms with van der Waals surface area (Å²) >= 11 is 0. The van der Waals surface area contributed by atoms with E-state index in [1.54, 1.807) is 7.11 Å². The Morgan fingerprint density at radius 3 is 2.68 bits per heavy atom. The Morgan fingerprint density at radius 2 is 1.96 bits per heavy atom. The summed E-state index contributed by atoms with van der Waals surface area (Å²) in [4.78, 5) is 26.0. The maximum atomic E-state index is 12.4. The third kappa shape index (κ3) is 4.29. The van der Waals surface area contributed by atoms with Crippen molar-refractivity contribution in [2.75, 3.05) is 37.0 Å². The predicted molar refractivity (Wildman–Crippen MR) is 97.0 cm³/mol. The van der Waals surface area contributed by atoms with Gasteiger partial charge in [0.05, 0.1) is 31.5 Å². The van der Waals surface area contributed by atoms with E-state index in [0.717, 1.165) is 29.2 Å². The molecule has 0 saturated carbocycles. The van der Waals surface area contributed by atoms with Gasteiger partial charge in [-0.05, 0) is 29.8 Å². The lowest BCUT2D eigenvalue weighted by Gasteiger charge is -2.30. The van der Waals surface area contributed by atoms with Crippen LogP contribution in [0.4, 0.5) is 11.4 Å². The second-order valence-electron chi connectivity index (χ2n) is 5.86. The second-order valence-corrected chi connectivity index (χ2v) is 5.86. The zero-order valence-corrected chi connectivity index (χ0v) is 14.1. The highest BCUT2D eigenvalue weighted by Gasteiger charge is 2.19. The van der Waals surface area contributed by atoms with Crippen LogP contribution in [0.5, 0.6) is 5.75 Å². The number of nitrogens with one attached hydrogen (secondary N) is 2. The number of ether oxygens (including phenoxy) is 1. The molecule has 0 atom stereocenters. The zero-order chi connectivity index (χ0) is 17.6. The van der Waals surface area contributed by atoms with Gasteiger partial charge in [0.15, 0.2) is 0 Å². The number of carbonyl (C=O) groups is 2. The molecule has 0 unspecified atom stereocenters. The van der Waals surface area contributed by atoms with Gasteiger partial charge in [-0.15, -0.1) is 0 Å². The Balaban J connectivity index is 1.69. The van der Waals surface area contributed by atoms with Crippen molar-refractivity contribution in [1.82, 2.24) is 5.32 Å². The number of hydrogen-bond donors (Lipinski definition) is 2. The highest BCUT2D eigenvalue weighted by Crippen LogP contribution is 2.26. The molecular formula is C19H21N3O3. The van der Waals surface area contributed by atoms with Gasteiger partial charge in [0.25, 0.3) is 0 Å². The van der Waals surface area contributed by atoms with Gasteiger partial charge in [0, 0.05) is 13.1 Å². The lowest BCUT2D eigenvalue weighted by atomic mass is 10.1. The number of rotatable bonds is 5. The van der Waals surface area contributed by atoms with Crippen molar-refractivity contribution >= 4 is 23.2 Å². The van der Waals surface area contributed by atoms with Crippen LogP contribution < -0.4 is 20.3 Å². The molecule has 6 heteroatoms. The van der Waals surface area contributed by atoms with Crippen molar-refractivity contribution in [3.05, 3.63) is 54.1 Å². The molecule has 130 valence electrons. The van der Waals surface area contributed by atoms with Crippen LogP contribution in [0.1, 0.15) is 5.56 Å². The number of benzene rings is 2. The molecule has 0 aromatic heterocycles. The van der Waals surface area contributed by atoms with Crippen LogP contribution in [0.15, 0.2) is 48.5 Å². The van der Waals surface area contributed by atoms with Crippen LogP contribution in [-0.2, 0) is 16.0 Å². The molecule has 3 rings (SSSR count). The largest absolute Gasteiger partial charge is 0.497 e. The fourth-order valence-electron chi connectivity index (χ4n) is 2.82. The highest BCUT2D eigenvalue weighted by atomic mass is 16.5. The number of amides is 2. The van der Waals surface area contributed by atoms with E-state index in [-0.39, 0.29) is 18.2 Å². The third-order valence-electron chi connectivity index (χ3n) is 4.08. The zero-order valence-electron chi connectivity index (χ0n) is 14.1. The normalized spacial score (nSPS) is 14.0. The van der Waals surface area contributed by atoms with Crippen LogP contribution in [-0.4, -0.2) is 38.6 Å². The van der Waals surface area contributed by atoms with Gasteiger partial charge in [-0.2, -0.15) is 0 Å². The molecule has 0 spiro atoms. The molecular weight excluding hydrogens is 318 g/mol. The Labute approximate surface area is 146 Å². The van der Waals surface area contributed by atoms with Crippen LogP contribution in [0, 0.1) is 0 Å². The van der Waals surface area contributed by atoms with Gasteiger partial charge in [-0.1, -0.05) is 24.3 Å². The van der Waals surface area contributed by atoms with Gasteiger partial charge in [0.1, 0.15) is 5.75 Å². The summed E-state index contributed by atoms with van der Waals surface area (Å²) in [7, 11) is 1.61. The smallest absolute Gasteiger partial charge is 0.239 e. The first-order chi connectivity index (χ1) is 12.2. The van der Waals surface area contributed by atoms with E-state index in [1.807, 2.05) is 53.4 Å². The quantitative estimate of drug-likeness (QED) is 0.872. The van der Waals surface area contributed by atoms with Crippen LogP contribution in [0.3, 0.4) is 0 Å². The summed E-state index contributed by atoms with van der Waals surface area (Å²) in [5, 5.41) is 5.76. The van der Waals surface area contributed by atoms with E-state index in [1.165, 1.54) is 0 Å². The van der Waals surface area contributed by atoms with Gasteiger partial charge in [-0.25, -0.2) is 0 Å². The van der Waals surface area contributed by atoms with E-state index < -0.39 is 0 Å². The first-order valence-corrected chi connectivity index (χ1v) is 8.19. The molecule has 2 aromatic rings. The lowest BCUT2D eigenvalue weighted by Crippen LogP contribution is -2.47. The van der Waals surface area contributed by atoms with Crippen molar-refractivity contribution in [2.45, 2.75) is 6.42 Å². The maximum absolute atomic E-state index is 12.4. The number of nitrogens with zero attached hydrogens (tertiary/aromatic N) is 1. The maximum Gasteiger partial charge on any atom is 0.239 e. The molecule has 2 aromatic carbocycles. The van der Waals surface area contributed by atoms with Crippen LogP contribution in [0.2, 0.25) is 0 Å². The number of para-hydroxylation sites is 2. The number of anilines is 2.